The van der Waals surface area contributed by atoms with Crippen molar-refractivity contribution in [3.05, 3.63) is 21.1 Å². The van der Waals surface area contributed by atoms with Crippen molar-refractivity contribution < 1.29 is 0 Å². The van der Waals surface area contributed by atoms with E-state index in [2.05, 4.69) is 41.5 Å². The summed E-state index contributed by atoms with van der Waals surface area (Å²) in [5.74, 6) is 0. The molecule has 0 aliphatic heterocycles. The number of rotatable bonds is 1. The summed E-state index contributed by atoms with van der Waals surface area (Å²) in [7, 11) is 0. The quantitative estimate of drug-likeness (QED) is 0.322. The predicted molar refractivity (Wildman–Crippen MR) is 34.4 cm³/mol. The van der Waals surface area contributed by atoms with Crippen LogP contribution in [0.15, 0.2) is 21.1 Å². The van der Waals surface area contributed by atoms with Crippen LogP contribution in [-0.4, -0.2) is 35.4 Å². The second kappa shape index (κ2) is 4.82. The maximum absolute atomic E-state index is 2.08. The minimum atomic E-state index is 1.35. The molecule has 2 heteroatoms. The maximum atomic E-state index is 2.08. The van der Waals surface area contributed by atoms with Gasteiger partial charge in [0.2, 0.25) is 0 Å². The third kappa shape index (κ3) is 6.67. The molecule has 0 aromatic heterocycles. The number of hydrogen-bond acceptors (Lipinski definition) is 0. The molecule has 0 atom stereocenters. The molecule has 0 spiro atoms. The van der Waals surface area contributed by atoms with E-state index in [0.717, 1.165) is 0 Å². The predicted octanol–water partition coefficient (Wildman–Crippen LogP) is 0.741. The van der Waals surface area contributed by atoms with Crippen LogP contribution >= 0.6 is 0 Å². The van der Waals surface area contributed by atoms with Gasteiger partial charge in [0.1, 0.15) is 0 Å². The molecule has 0 saturated heterocycles. The normalized spacial score (nSPS) is 9.86. The van der Waals surface area contributed by atoms with E-state index in [-0.39, 0.29) is 0 Å². The SMILES string of the molecule is [Li][C]([Li])=CC=CC. The van der Waals surface area contributed by atoms with Gasteiger partial charge in [-0.05, 0) is 0 Å². The Bertz CT molecular complexity index is 88.3. The number of hydrogen-bond donors (Lipinski definition) is 0. The average molecular weight is 80.0 g/mol. The molecule has 0 fully saturated rings. The van der Waals surface area contributed by atoms with Crippen LogP contribution in [0.4, 0.5) is 0 Å². The summed E-state index contributed by atoms with van der Waals surface area (Å²) < 4.78 is 1.35. The minimum absolute atomic E-state index is 1.35. The van der Waals surface area contributed by atoms with Gasteiger partial charge in [0, 0.05) is 0 Å². The summed E-state index contributed by atoms with van der Waals surface area (Å²) in [4.78, 5) is 0. The van der Waals surface area contributed by atoms with Crippen LogP contribution in [0.2, 0.25) is 0 Å². The van der Waals surface area contributed by atoms with Crippen molar-refractivity contribution in [3.63, 3.8) is 0 Å². The Labute approximate surface area is 63.5 Å². The molecule has 0 aromatic rings. The molecule has 0 nitrogen and oxygen atoms in total. The van der Waals surface area contributed by atoms with Gasteiger partial charge in [0.15, 0.2) is 0 Å². The Morgan fingerprint density at radius 2 is 2.00 bits per heavy atom. The van der Waals surface area contributed by atoms with Gasteiger partial charge in [-0.25, -0.2) is 0 Å². The Balaban J connectivity index is 3.46. The molecule has 0 saturated carbocycles. The molecule has 0 bridgehead atoms. The fourth-order valence-electron chi connectivity index (χ4n) is 0.289. The molecule has 0 aromatic carbocycles. The third-order valence-corrected chi connectivity index (χ3v) is 0.622. The summed E-state index contributed by atoms with van der Waals surface area (Å²) in [5.41, 5.74) is 0. The first kappa shape index (κ1) is 7.67. The summed E-state index contributed by atoms with van der Waals surface area (Å²) >= 11 is 4.17. The van der Waals surface area contributed by atoms with Crippen molar-refractivity contribution in [2.75, 3.05) is 0 Å². The topological polar surface area (TPSA) is 0 Å². The molecular formula is C5H6Li2. The van der Waals surface area contributed by atoms with Crippen molar-refractivity contribution in [2.45, 2.75) is 6.92 Å². The van der Waals surface area contributed by atoms with Gasteiger partial charge in [0.25, 0.3) is 0 Å². The van der Waals surface area contributed by atoms with Gasteiger partial charge in [0.05, 0.1) is 0 Å². The zero-order valence-electron chi connectivity index (χ0n) is 5.23. The van der Waals surface area contributed by atoms with Gasteiger partial charge in [-0.1, -0.05) is 0 Å². The van der Waals surface area contributed by atoms with E-state index in [0.29, 0.717) is 0 Å². The van der Waals surface area contributed by atoms with E-state index >= 15 is 0 Å². The molecule has 0 radical (unpaired) electrons. The van der Waals surface area contributed by atoms with Crippen molar-refractivity contribution in [1.82, 2.24) is 0 Å². The van der Waals surface area contributed by atoms with Gasteiger partial charge >= 0.3 is 63.5 Å². The van der Waals surface area contributed by atoms with Crippen LogP contribution in [0.25, 0.3) is 0 Å². The van der Waals surface area contributed by atoms with E-state index in [4.69, 9.17) is 0 Å². The standard InChI is InChI=1S/C5H6.2Li/c1-3-5-4-2;;/h3-5H,1H3;;. The average Bonchev–Trinajstić information content (AvgIpc) is 1.61. The zero-order valence-corrected chi connectivity index (χ0v) is 5.23. The van der Waals surface area contributed by atoms with Crippen molar-refractivity contribution in [3.8, 4) is 0 Å². The van der Waals surface area contributed by atoms with E-state index in [9.17, 15) is 0 Å². The van der Waals surface area contributed by atoms with Crippen molar-refractivity contribution >= 4 is 35.4 Å². The summed E-state index contributed by atoms with van der Waals surface area (Å²) in [6.45, 7) is 2.01. The molecule has 0 amide bonds. The molecule has 0 aliphatic carbocycles. The first-order chi connectivity index (χ1) is 3.27. The second-order valence-corrected chi connectivity index (χ2v) is 1.77. The van der Waals surface area contributed by atoms with Crippen LogP contribution in [0.1, 0.15) is 6.92 Å². The Kier molecular flexibility index (Phi) is 5.29. The number of allylic oxidation sites excluding steroid dienone is 3. The molecule has 7 heavy (non-hydrogen) atoms. The fraction of sp³-hybridized carbons (Fsp3) is 0.200. The summed E-state index contributed by atoms with van der Waals surface area (Å²) in [6, 6.07) is 0. The van der Waals surface area contributed by atoms with Crippen LogP contribution < -0.4 is 0 Å². The Hall–Kier alpha value is 0.675. The first-order valence-corrected chi connectivity index (χ1v) is 2.53. The van der Waals surface area contributed by atoms with Gasteiger partial charge in [-0.3, -0.25) is 0 Å². The molecule has 0 heterocycles. The van der Waals surface area contributed by atoms with Crippen molar-refractivity contribution in [2.24, 2.45) is 0 Å². The van der Waals surface area contributed by atoms with Crippen LogP contribution in [-0.2, 0) is 0 Å². The summed E-state index contributed by atoms with van der Waals surface area (Å²) in [5, 5.41) is 0. The molecule has 0 aliphatic rings. The van der Waals surface area contributed by atoms with Gasteiger partial charge in [-0.15, -0.1) is 0 Å². The molecule has 28 valence electrons. The van der Waals surface area contributed by atoms with E-state index < -0.39 is 0 Å². The van der Waals surface area contributed by atoms with Crippen LogP contribution in [0, 0.1) is 0 Å². The zero-order chi connectivity index (χ0) is 5.70. The Morgan fingerprint density at radius 1 is 1.43 bits per heavy atom. The van der Waals surface area contributed by atoms with Crippen LogP contribution in [0.5, 0.6) is 0 Å². The Morgan fingerprint density at radius 3 is 2.14 bits per heavy atom. The molecule has 0 unspecified atom stereocenters. The van der Waals surface area contributed by atoms with Crippen LogP contribution in [0.3, 0.4) is 0 Å². The van der Waals surface area contributed by atoms with Gasteiger partial charge in [-0.2, -0.15) is 0 Å². The molecular weight excluding hydrogens is 73.9 g/mol. The van der Waals surface area contributed by atoms with E-state index in [1.165, 1.54) is 2.92 Å². The third-order valence-electron chi connectivity index (χ3n) is 0.622. The van der Waals surface area contributed by atoms with Gasteiger partial charge < -0.3 is 0 Å². The molecule has 0 rings (SSSR count). The fourth-order valence-corrected chi connectivity index (χ4v) is 0.289. The summed E-state index contributed by atoms with van der Waals surface area (Å²) in [6.07, 6.45) is 6.14. The first-order valence-electron chi connectivity index (χ1n) is 2.53. The molecule has 0 N–H and O–H groups in total. The second-order valence-electron chi connectivity index (χ2n) is 1.77. The van der Waals surface area contributed by atoms with E-state index in [1.807, 2.05) is 19.1 Å². The van der Waals surface area contributed by atoms with E-state index in [1.54, 1.807) is 0 Å². The monoisotopic (exact) mass is 80.1 g/mol. The van der Waals surface area contributed by atoms with Crippen molar-refractivity contribution in [1.29, 1.82) is 0 Å².